The standard InChI is InChI=1S/C22H28ClN5O6/c1-5-6-7-27-19(24)18(20(30)25-22(27)32)26(2)21(31)12-8-17(29)28(11-12)14-9-13(23)15(33-3)10-16(14)34-4/h9-10,12H,5-8,11,24H2,1-4H3,(H,25,30,32)/t12-/m0/s1. The number of nitrogen functional groups attached to an aromatic ring is 1. The van der Waals surface area contributed by atoms with Crippen LogP contribution in [-0.2, 0) is 16.1 Å². The molecule has 1 atom stereocenters. The second kappa shape index (κ2) is 10.2. The number of anilines is 3. The van der Waals surface area contributed by atoms with Gasteiger partial charge in [0.1, 0.15) is 17.3 Å². The van der Waals surface area contributed by atoms with Gasteiger partial charge in [-0.1, -0.05) is 24.9 Å². The summed E-state index contributed by atoms with van der Waals surface area (Å²) in [5.74, 6) is -0.886. The van der Waals surface area contributed by atoms with Crippen molar-refractivity contribution in [2.75, 3.05) is 43.3 Å². The summed E-state index contributed by atoms with van der Waals surface area (Å²) in [7, 11) is 4.31. The van der Waals surface area contributed by atoms with Crippen LogP contribution < -0.4 is 36.3 Å². The fourth-order valence-electron chi connectivity index (χ4n) is 3.98. The van der Waals surface area contributed by atoms with Gasteiger partial charge in [0.15, 0.2) is 5.69 Å². The molecule has 0 aliphatic carbocycles. The number of hydrogen-bond donors (Lipinski definition) is 2. The van der Waals surface area contributed by atoms with Gasteiger partial charge in [-0.2, -0.15) is 0 Å². The van der Waals surface area contributed by atoms with Crippen molar-refractivity contribution in [3.05, 3.63) is 38.0 Å². The number of H-pyrrole nitrogens is 1. The second-order valence-corrected chi connectivity index (χ2v) is 8.37. The molecule has 1 aliphatic heterocycles. The number of nitrogens with one attached hydrogen (secondary N) is 1. The number of carbonyl (C=O) groups is 2. The average Bonchev–Trinajstić information content (AvgIpc) is 3.19. The summed E-state index contributed by atoms with van der Waals surface area (Å²) >= 11 is 6.24. The van der Waals surface area contributed by atoms with Crippen molar-refractivity contribution in [2.45, 2.75) is 32.7 Å². The van der Waals surface area contributed by atoms with Gasteiger partial charge < -0.3 is 25.0 Å². The Morgan fingerprint density at radius 1 is 1.24 bits per heavy atom. The largest absolute Gasteiger partial charge is 0.495 e. The molecule has 1 saturated heterocycles. The fourth-order valence-corrected chi connectivity index (χ4v) is 4.22. The summed E-state index contributed by atoms with van der Waals surface area (Å²) in [6.07, 6.45) is 1.41. The molecule has 1 aromatic carbocycles. The Kier molecular flexibility index (Phi) is 7.55. The van der Waals surface area contributed by atoms with E-state index in [0.29, 0.717) is 30.2 Å². The Morgan fingerprint density at radius 3 is 2.53 bits per heavy atom. The van der Waals surface area contributed by atoms with Crippen molar-refractivity contribution in [1.29, 1.82) is 0 Å². The zero-order valence-corrected chi connectivity index (χ0v) is 20.3. The zero-order chi connectivity index (χ0) is 25.2. The molecule has 0 spiro atoms. The van der Waals surface area contributed by atoms with Gasteiger partial charge in [0, 0.05) is 32.6 Å². The minimum Gasteiger partial charge on any atom is -0.495 e. The van der Waals surface area contributed by atoms with Gasteiger partial charge in [-0.05, 0) is 12.5 Å². The molecule has 2 amide bonds. The lowest BCUT2D eigenvalue weighted by molar-refractivity contribution is -0.124. The molecule has 2 heterocycles. The van der Waals surface area contributed by atoms with Gasteiger partial charge in [-0.25, -0.2) is 4.79 Å². The number of halogens is 1. The molecule has 34 heavy (non-hydrogen) atoms. The van der Waals surface area contributed by atoms with Crippen LogP contribution in [0.25, 0.3) is 0 Å². The molecule has 1 fully saturated rings. The first-order valence-corrected chi connectivity index (χ1v) is 11.1. The number of nitrogens with zero attached hydrogens (tertiary/aromatic N) is 3. The molecular formula is C22H28ClN5O6. The van der Waals surface area contributed by atoms with E-state index in [1.807, 2.05) is 6.92 Å². The summed E-state index contributed by atoms with van der Waals surface area (Å²) in [6, 6.07) is 3.10. The quantitative estimate of drug-likeness (QED) is 0.569. The molecule has 0 unspecified atom stereocenters. The van der Waals surface area contributed by atoms with Crippen LogP contribution in [0, 0.1) is 5.92 Å². The number of nitrogens with two attached hydrogens (primary N) is 1. The summed E-state index contributed by atoms with van der Waals surface area (Å²) in [6.45, 7) is 2.31. The fraction of sp³-hybridized carbons (Fsp3) is 0.455. The van der Waals surface area contributed by atoms with Crippen LogP contribution in [0.15, 0.2) is 21.7 Å². The van der Waals surface area contributed by atoms with E-state index in [4.69, 9.17) is 26.8 Å². The van der Waals surface area contributed by atoms with Crippen molar-refractivity contribution in [3.8, 4) is 11.5 Å². The first-order valence-electron chi connectivity index (χ1n) is 10.8. The third kappa shape index (κ3) is 4.60. The number of benzene rings is 1. The number of rotatable bonds is 8. The number of hydrogen-bond acceptors (Lipinski definition) is 7. The number of unbranched alkanes of at least 4 members (excludes halogenated alkanes) is 1. The predicted molar refractivity (Wildman–Crippen MR) is 129 cm³/mol. The third-order valence-corrected chi connectivity index (χ3v) is 6.13. The predicted octanol–water partition coefficient (Wildman–Crippen LogP) is 1.61. The number of aromatic amines is 1. The van der Waals surface area contributed by atoms with Crippen molar-refractivity contribution < 1.29 is 19.1 Å². The van der Waals surface area contributed by atoms with E-state index in [0.717, 1.165) is 11.3 Å². The summed E-state index contributed by atoms with van der Waals surface area (Å²) in [5, 5.41) is 0.284. The van der Waals surface area contributed by atoms with Gasteiger partial charge in [0.05, 0.1) is 30.8 Å². The minimum absolute atomic E-state index is 0.0499. The highest BCUT2D eigenvalue weighted by Crippen LogP contribution is 2.40. The van der Waals surface area contributed by atoms with Gasteiger partial charge in [0.25, 0.3) is 5.56 Å². The van der Waals surface area contributed by atoms with Crippen LogP contribution in [0.3, 0.4) is 0 Å². The van der Waals surface area contributed by atoms with E-state index in [1.54, 1.807) is 12.1 Å². The van der Waals surface area contributed by atoms with Gasteiger partial charge in [-0.3, -0.25) is 23.9 Å². The summed E-state index contributed by atoms with van der Waals surface area (Å²) in [5.41, 5.74) is 4.99. The van der Waals surface area contributed by atoms with Crippen molar-refractivity contribution in [2.24, 2.45) is 5.92 Å². The molecule has 184 valence electrons. The Bertz CT molecular complexity index is 1220. The zero-order valence-electron chi connectivity index (χ0n) is 19.5. The van der Waals surface area contributed by atoms with Gasteiger partial charge in [-0.15, -0.1) is 0 Å². The number of aromatic nitrogens is 2. The first kappa shape index (κ1) is 25.2. The molecule has 12 heteroatoms. The molecule has 1 aromatic heterocycles. The lowest BCUT2D eigenvalue weighted by atomic mass is 10.1. The van der Waals surface area contributed by atoms with E-state index in [-0.39, 0.29) is 35.4 Å². The van der Waals surface area contributed by atoms with Gasteiger partial charge >= 0.3 is 5.69 Å². The normalized spacial score (nSPS) is 15.5. The third-order valence-electron chi connectivity index (χ3n) is 5.83. The van der Waals surface area contributed by atoms with Crippen LogP contribution in [-0.4, -0.2) is 49.2 Å². The van der Waals surface area contributed by atoms with Gasteiger partial charge in [0.2, 0.25) is 11.8 Å². The van der Waals surface area contributed by atoms with Crippen LogP contribution in [0.1, 0.15) is 26.2 Å². The molecular weight excluding hydrogens is 466 g/mol. The number of methoxy groups -OCH3 is 2. The highest BCUT2D eigenvalue weighted by atomic mass is 35.5. The maximum Gasteiger partial charge on any atom is 0.330 e. The average molecular weight is 494 g/mol. The molecule has 0 radical (unpaired) electrons. The highest BCUT2D eigenvalue weighted by molar-refractivity contribution is 6.32. The monoisotopic (exact) mass is 493 g/mol. The Balaban J connectivity index is 1.90. The molecule has 3 rings (SSSR count). The summed E-state index contributed by atoms with van der Waals surface area (Å²) < 4.78 is 11.8. The van der Waals surface area contributed by atoms with Crippen molar-refractivity contribution in [1.82, 2.24) is 9.55 Å². The van der Waals surface area contributed by atoms with E-state index in [1.165, 1.54) is 30.7 Å². The smallest absolute Gasteiger partial charge is 0.330 e. The number of ether oxygens (including phenoxy) is 2. The molecule has 2 aromatic rings. The molecule has 1 aliphatic rings. The van der Waals surface area contributed by atoms with Crippen molar-refractivity contribution >= 4 is 40.6 Å². The Hall–Kier alpha value is -3.47. The van der Waals surface area contributed by atoms with Crippen LogP contribution in [0.4, 0.5) is 17.2 Å². The number of amides is 2. The lowest BCUT2D eigenvalue weighted by Crippen LogP contribution is -2.42. The van der Waals surface area contributed by atoms with Crippen LogP contribution in [0.2, 0.25) is 5.02 Å². The van der Waals surface area contributed by atoms with Crippen LogP contribution >= 0.6 is 11.6 Å². The van der Waals surface area contributed by atoms with E-state index in [2.05, 4.69) is 4.98 Å². The van der Waals surface area contributed by atoms with E-state index in [9.17, 15) is 19.2 Å². The number of carbonyl (C=O) groups excluding carboxylic acids is 2. The first-order chi connectivity index (χ1) is 16.1. The SMILES string of the molecule is CCCCn1c(N)c(N(C)C(=O)[C@H]2CC(=O)N(c3cc(Cl)c(OC)cc3OC)C2)c(=O)[nH]c1=O. The lowest BCUT2D eigenvalue weighted by Gasteiger charge is -2.24. The van der Waals surface area contributed by atoms with E-state index < -0.39 is 23.1 Å². The van der Waals surface area contributed by atoms with Crippen molar-refractivity contribution in [3.63, 3.8) is 0 Å². The minimum atomic E-state index is -0.768. The molecule has 11 nitrogen and oxygen atoms in total. The van der Waals surface area contributed by atoms with E-state index >= 15 is 0 Å². The maximum atomic E-state index is 13.3. The highest BCUT2D eigenvalue weighted by Gasteiger charge is 2.39. The molecule has 0 saturated carbocycles. The maximum absolute atomic E-state index is 13.3. The summed E-state index contributed by atoms with van der Waals surface area (Å²) in [4.78, 5) is 55.5. The molecule has 3 N–H and O–H groups in total. The molecule has 0 bridgehead atoms. The Morgan fingerprint density at radius 2 is 1.91 bits per heavy atom. The topological polar surface area (TPSA) is 140 Å². The second-order valence-electron chi connectivity index (χ2n) is 7.96. The van der Waals surface area contributed by atoms with Crippen LogP contribution in [0.5, 0.6) is 11.5 Å². The Labute approximate surface area is 201 Å².